The topological polar surface area (TPSA) is 46.6 Å². The molecule has 0 aliphatic heterocycles. The minimum Gasteiger partial charge on any atom is -0.468 e. The van der Waals surface area contributed by atoms with Crippen molar-refractivity contribution in [2.24, 2.45) is 0 Å². The van der Waals surface area contributed by atoms with Crippen molar-refractivity contribution in [2.45, 2.75) is 6.18 Å². The molecule has 9 heteroatoms. The summed E-state index contributed by atoms with van der Waals surface area (Å²) in [5, 5.41) is -1.65. The molecule has 0 heterocycles. The highest BCUT2D eigenvalue weighted by Gasteiger charge is 2.34. The lowest BCUT2D eigenvalue weighted by atomic mass is 10.2. The first-order valence-corrected chi connectivity index (χ1v) is 5.83. The largest absolute Gasteiger partial charge is 0.468 e. The minimum atomic E-state index is -4.70. The summed E-state index contributed by atoms with van der Waals surface area (Å²) in [5.74, 6) is -0.831. The zero-order valence-electron chi connectivity index (χ0n) is 10.0. The van der Waals surface area contributed by atoms with Crippen LogP contribution in [0.2, 0.25) is 5.02 Å². The number of halogens is 5. The normalized spacial score (nSPS) is 11.1. The molecule has 0 spiro atoms. The lowest BCUT2D eigenvalue weighted by Crippen LogP contribution is -2.32. The van der Waals surface area contributed by atoms with E-state index in [1.54, 1.807) is 0 Å². The number of hydrogen-bond donors (Lipinski definition) is 0. The van der Waals surface area contributed by atoms with Gasteiger partial charge in [0.15, 0.2) is 0 Å². The third-order valence-corrected chi connectivity index (χ3v) is 2.83. The number of alkyl halides is 3. The molecule has 1 amide bonds. The number of methoxy groups -OCH3 is 1. The van der Waals surface area contributed by atoms with Gasteiger partial charge in [0.25, 0.3) is 0 Å². The van der Waals surface area contributed by atoms with Gasteiger partial charge in [0.05, 0.1) is 17.7 Å². The van der Waals surface area contributed by atoms with Gasteiger partial charge in [-0.15, -0.1) is 0 Å². The summed E-state index contributed by atoms with van der Waals surface area (Å²) < 4.78 is 42.5. The number of carbonyl (C=O) groups is 2. The number of benzene rings is 1. The molecule has 1 rings (SSSR count). The molecule has 0 unspecified atom stereocenters. The first-order chi connectivity index (χ1) is 9.16. The Hall–Kier alpha value is -1.47. The van der Waals surface area contributed by atoms with Crippen molar-refractivity contribution >= 4 is 40.2 Å². The zero-order chi connectivity index (χ0) is 15.5. The van der Waals surface area contributed by atoms with E-state index in [9.17, 15) is 22.8 Å². The highest BCUT2D eigenvalue weighted by atomic mass is 35.5. The minimum absolute atomic E-state index is 0.216. The Bertz CT molecular complexity index is 534. The molecule has 0 fully saturated rings. The van der Waals surface area contributed by atoms with E-state index in [0.29, 0.717) is 11.0 Å². The number of nitrogens with zero attached hydrogens (tertiary/aromatic N) is 1. The fourth-order valence-corrected chi connectivity index (χ4v) is 1.73. The average Bonchev–Trinajstić information content (AvgIpc) is 2.34. The highest BCUT2D eigenvalue weighted by Crippen LogP contribution is 2.37. The highest BCUT2D eigenvalue weighted by molar-refractivity contribution is 6.66. The van der Waals surface area contributed by atoms with Crippen LogP contribution in [0.25, 0.3) is 0 Å². The second-order valence-electron chi connectivity index (χ2n) is 3.58. The van der Waals surface area contributed by atoms with E-state index in [1.807, 2.05) is 0 Å². The third-order valence-electron chi connectivity index (χ3n) is 2.29. The van der Waals surface area contributed by atoms with Crippen LogP contribution in [0.4, 0.5) is 23.7 Å². The Morgan fingerprint density at radius 2 is 1.95 bits per heavy atom. The van der Waals surface area contributed by atoms with Crippen LogP contribution in [0.3, 0.4) is 0 Å². The van der Waals surface area contributed by atoms with Crippen molar-refractivity contribution in [1.29, 1.82) is 0 Å². The van der Waals surface area contributed by atoms with Crippen LogP contribution in [0.1, 0.15) is 5.56 Å². The molecule has 0 aromatic heterocycles. The van der Waals surface area contributed by atoms with Gasteiger partial charge in [0.2, 0.25) is 0 Å². The Morgan fingerprint density at radius 3 is 2.40 bits per heavy atom. The van der Waals surface area contributed by atoms with Crippen LogP contribution in [0.15, 0.2) is 18.2 Å². The van der Waals surface area contributed by atoms with Gasteiger partial charge in [-0.3, -0.25) is 14.5 Å². The molecule has 4 nitrogen and oxygen atoms in total. The second kappa shape index (κ2) is 6.32. The van der Waals surface area contributed by atoms with Gasteiger partial charge >= 0.3 is 17.5 Å². The van der Waals surface area contributed by atoms with Crippen molar-refractivity contribution in [2.75, 3.05) is 18.6 Å². The van der Waals surface area contributed by atoms with E-state index < -0.39 is 34.6 Å². The lowest BCUT2D eigenvalue weighted by Gasteiger charge is -2.20. The van der Waals surface area contributed by atoms with Crippen LogP contribution in [0.5, 0.6) is 0 Å². The van der Waals surface area contributed by atoms with Crippen LogP contribution >= 0.6 is 23.2 Å². The van der Waals surface area contributed by atoms with Gasteiger partial charge in [-0.25, -0.2) is 0 Å². The Morgan fingerprint density at radius 1 is 1.35 bits per heavy atom. The fraction of sp³-hybridized carbons (Fsp3) is 0.273. The van der Waals surface area contributed by atoms with Crippen LogP contribution in [0, 0.1) is 0 Å². The molecule has 0 aliphatic rings. The fourth-order valence-electron chi connectivity index (χ4n) is 1.35. The van der Waals surface area contributed by atoms with E-state index in [0.717, 1.165) is 19.2 Å². The molecule has 0 saturated heterocycles. The number of ether oxygens (including phenoxy) is 1. The molecular weight excluding hydrogens is 322 g/mol. The van der Waals surface area contributed by atoms with Crippen LogP contribution < -0.4 is 4.90 Å². The molecule has 0 radical (unpaired) electrons. The molecule has 0 saturated carbocycles. The molecule has 0 bridgehead atoms. The van der Waals surface area contributed by atoms with E-state index in [1.165, 1.54) is 0 Å². The smallest absolute Gasteiger partial charge is 0.417 e. The van der Waals surface area contributed by atoms with Crippen molar-refractivity contribution in [1.82, 2.24) is 0 Å². The van der Waals surface area contributed by atoms with Gasteiger partial charge in [-0.1, -0.05) is 11.6 Å². The average molecular weight is 330 g/mol. The molecule has 110 valence electrons. The quantitative estimate of drug-likeness (QED) is 0.482. The third kappa shape index (κ3) is 4.01. The first-order valence-electron chi connectivity index (χ1n) is 5.07. The monoisotopic (exact) mass is 329 g/mol. The molecule has 0 atom stereocenters. The molecule has 1 aromatic carbocycles. The maximum absolute atomic E-state index is 12.7. The van der Waals surface area contributed by atoms with E-state index in [4.69, 9.17) is 23.2 Å². The van der Waals surface area contributed by atoms with Crippen LogP contribution in [-0.4, -0.2) is 25.0 Å². The van der Waals surface area contributed by atoms with E-state index in [-0.39, 0.29) is 5.69 Å². The molecular formula is C11H8Cl2F3NO3. The van der Waals surface area contributed by atoms with Gasteiger partial charge in [-0.2, -0.15) is 13.2 Å². The molecule has 0 aliphatic carbocycles. The summed E-state index contributed by atoms with van der Waals surface area (Å²) in [4.78, 5) is 23.0. The maximum atomic E-state index is 12.7. The number of hydrogen-bond acceptors (Lipinski definition) is 3. The standard InChI is InChI=1S/C11H8Cl2F3NO3/c1-20-9(18)5-17(10(13)19)6-2-3-8(12)7(4-6)11(14,15)16/h2-4H,5H2,1H3. The Kier molecular flexibility index (Phi) is 5.24. The molecule has 20 heavy (non-hydrogen) atoms. The number of esters is 1. The number of amides is 1. The zero-order valence-corrected chi connectivity index (χ0v) is 11.5. The van der Waals surface area contributed by atoms with Gasteiger partial charge in [-0.05, 0) is 29.8 Å². The summed E-state index contributed by atoms with van der Waals surface area (Å²) in [6.07, 6.45) is -4.70. The summed E-state index contributed by atoms with van der Waals surface area (Å²) >= 11 is 10.7. The van der Waals surface area contributed by atoms with E-state index in [2.05, 4.69) is 4.74 Å². The number of carbonyl (C=O) groups excluding carboxylic acids is 2. The number of anilines is 1. The van der Waals surface area contributed by atoms with Crippen LogP contribution in [-0.2, 0) is 15.7 Å². The van der Waals surface area contributed by atoms with Crippen molar-refractivity contribution in [3.63, 3.8) is 0 Å². The summed E-state index contributed by atoms with van der Waals surface area (Å²) in [6, 6.07) is 2.73. The second-order valence-corrected chi connectivity index (χ2v) is 4.31. The maximum Gasteiger partial charge on any atom is 0.417 e. The summed E-state index contributed by atoms with van der Waals surface area (Å²) in [6.45, 7) is -0.613. The Balaban J connectivity index is 3.22. The van der Waals surface area contributed by atoms with Crippen molar-refractivity contribution in [3.05, 3.63) is 28.8 Å². The van der Waals surface area contributed by atoms with Gasteiger partial charge in [0.1, 0.15) is 6.54 Å². The van der Waals surface area contributed by atoms with Crippen molar-refractivity contribution in [3.8, 4) is 0 Å². The predicted octanol–water partition coefficient (Wildman–Crippen LogP) is 3.70. The Labute approximate surface area is 122 Å². The number of rotatable bonds is 3. The SMILES string of the molecule is COC(=O)CN(C(=O)Cl)c1ccc(Cl)c(C(F)(F)F)c1. The van der Waals surface area contributed by atoms with Gasteiger partial charge < -0.3 is 4.74 Å². The molecule has 1 aromatic rings. The first kappa shape index (κ1) is 16.6. The predicted molar refractivity (Wildman–Crippen MR) is 67.1 cm³/mol. The van der Waals surface area contributed by atoms with Gasteiger partial charge in [0, 0.05) is 5.69 Å². The lowest BCUT2D eigenvalue weighted by molar-refractivity contribution is -0.139. The van der Waals surface area contributed by atoms with Crippen molar-refractivity contribution < 1.29 is 27.5 Å². The summed E-state index contributed by atoms with van der Waals surface area (Å²) in [7, 11) is 1.07. The molecule has 0 N–H and O–H groups in total. The van der Waals surface area contributed by atoms with E-state index >= 15 is 0 Å². The summed E-state index contributed by atoms with van der Waals surface area (Å²) in [5.41, 5.74) is -1.35.